The fourth-order valence-electron chi connectivity index (χ4n) is 1.61. The van der Waals surface area contributed by atoms with E-state index in [2.05, 4.69) is 0 Å². The van der Waals surface area contributed by atoms with Crippen LogP contribution in [0.3, 0.4) is 0 Å². The first kappa shape index (κ1) is 11.0. The van der Waals surface area contributed by atoms with E-state index >= 15 is 0 Å². The highest BCUT2D eigenvalue weighted by Crippen LogP contribution is 2.27. The number of ether oxygens (including phenoxy) is 1. The molecule has 3 nitrogen and oxygen atoms in total. The van der Waals surface area contributed by atoms with Crippen LogP contribution in [0.25, 0.3) is 0 Å². The Morgan fingerprint density at radius 1 is 1.29 bits per heavy atom. The van der Waals surface area contributed by atoms with E-state index in [-0.39, 0.29) is 0 Å². The van der Waals surface area contributed by atoms with E-state index in [1.807, 2.05) is 24.3 Å². The second-order valence-corrected chi connectivity index (χ2v) is 3.25. The molecule has 1 rings (SSSR count). The standard InChI is InChI=1S/C11H18N2O/c1-14-11-5-3-2-4-10(11)9(8-13)6-7-12/h2-5,9H,6-8,12-13H2,1H3. The first-order chi connectivity index (χ1) is 6.83. The molecule has 78 valence electrons. The van der Waals surface area contributed by atoms with Gasteiger partial charge in [0.25, 0.3) is 0 Å². The number of nitrogens with two attached hydrogens (primary N) is 2. The zero-order valence-electron chi connectivity index (χ0n) is 8.57. The molecule has 14 heavy (non-hydrogen) atoms. The molecule has 3 heteroatoms. The maximum Gasteiger partial charge on any atom is 0.122 e. The van der Waals surface area contributed by atoms with Crippen LogP contribution in [0.1, 0.15) is 17.9 Å². The molecule has 0 bridgehead atoms. The van der Waals surface area contributed by atoms with Gasteiger partial charge in [-0.2, -0.15) is 0 Å². The third-order valence-electron chi connectivity index (χ3n) is 2.38. The summed E-state index contributed by atoms with van der Waals surface area (Å²) in [6.07, 6.45) is 0.900. The number of hydrogen-bond donors (Lipinski definition) is 2. The lowest BCUT2D eigenvalue weighted by Gasteiger charge is -2.17. The summed E-state index contributed by atoms with van der Waals surface area (Å²) in [6, 6.07) is 7.95. The maximum atomic E-state index is 5.70. The Bertz CT molecular complexity index is 276. The quantitative estimate of drug-likeness (QED) is 0.737. The normalized spacial score (nSPS) is 12.5. The SMILES string of the molecule is COc1ccccc1C(CN)CCN. The smallest absolute Gasteiger partial charge is 0.122 e. The molecule has 0 spiro atoms. The molecule has 0 aliphatic heterocycles. The van der Waals surface area contributed by atoms with Crippen molar-refractivity contribution in [3.8, 4) is 5.75 Å². The summed E-state index contributed by atoms with van der Waals surface area (Å²) in [4.78, 5) is 0. The Hall–Kier alpha value is -1.06. The fraction of sp³-hybridized carbons (Fsp3) is 0.455. The minimum atomic E-state index is 0.302. The van der Waals surface area contributed by atoms with Gasteiger partial charge < -0.3 is 16.2 Å². The molecule has 0 aliphatic rings. The van der Waals surface area contributed by atoms with E-state index in [1.165, 1.54) is 0 Å². The minimum Gasteiger partial charge on any atom is -0.496 e. The lowest BCUT2D eigenvalue weighted by atomic mass is 9.95. The zero-order valence-corrected chi connectivity index (χ0v) is 8.57. The fourth-order valence-corrected chi connectivity index (χ4v) is 1.61. The Kier molecular flexibility index (Phi) is 4.43. The van der Waals surface area contributed by atoms with Gasteiger partial charge in [0.05, 0.1) is 7.11 Å². The molecule has 0 radical (unpaired) electrons. The van der Waals surface area contributed by atoms with Crippen molar-refractivity contribution in [1.29, 1.82) is 0 Å². The van der Waals surface area contributed by atoms with Crippen molar-refractivity contribution in [3.05, 3.63) is 29.8 Å². The molecule has 0 aromatic heterocycles. The molecule has 1 aromatic rings. The van der Waals surface area contributed by atoms with E-state index < -0.39 is 0 Å². The van der Waals surface area contributed by atoms with E-state index in [1.54, 1.807) is 7.11 Å². The van der Waals surface area contributed by atoms with E-state index in [4.69, 9.17) is 16.2 Å². The molecule has 0 saturated carbocycles. The molecule has 4 N–H and O–H groups in total. The van der Waals surface area contributed by atoms with E-state index in [0.29, 0.717) is 19.0 Å². The van der Waals surface area contributed by atoms with Crippen LogP contribution in [0.15, 0.2) is 24.3 Å². The third kappa shape index (κ3) is 2.47. The Balaban J connectivity index is 2.90. The topological polar surface area (TPSA) is 61.3 Å². The molecule has 0 fully saturated rings. The zero-order chi connectivity index (χ0) is 10.4. The number of rotatable bonds is 5. The van der Waals surface area contributed by atoms with Gasteiger partial charge in [0.15, 0.2) is 0 Å². The molecule has 0 heterocycles. The van der Waals surface area contributed by atoms with Crippen LogP contribution >= 0.6 is 0 Å². The predicted octanol–water partition coefficient (Wildman–Crippen LogP) is 1.09. The van der Waals surface area contributed by atoms with Crippen LogP contribution in [-0.2, 0) is 0 Å². The molecule has 0 saturated heterocycles. The summed E-state index contributed by atoms with van der Waals surface area (Å²) in [5.74, 6) is 1.20. The largest absolute Gasteiger partial charge is 0.496 e. The van der Waals surface area contributed by atoms with Gasteiger partial charge in [0.2, 0.25) is 0 Å². The number of hydrogen-bond acceptors (Lipinski definition) is 3. The van der Waals surface area contributed by atoms with E-state index in [9.17, 15) is 0 Å². The highest BCUT2D eigenvalue weighted by atomic mass is 16.5. The molecule has 1 aromatic carbocycles. The third-order valence-corrected chi connectivity index (χ3v) is 2.38. The highest BCUT2D eigenvalue weighted by molar-refractivity contribution is 5.36. The highest BCUT2D eigenvalue weighted by Gasteiger charge is 2.12. The first-order valence-electron chi connectivity index (χ1n) is 4.86. The van der Waals surface area contributed by atoms with Crippen LogP contribution in [-0.4, -0.2) is 20.2 Å². The summed E-state index contributed by atoms with van der Waals surface area (Å²) in [7, 11) is 1.68. The lowest BCUT2D eigenvalue weighted by molar-refractivity contribution is 0.404. The van der Waals surface area contributed by atoms with Crippen molar-refractivity contribution >= 4 is 0 Å². The van der Waals surface area contributed by atoms with Crippen molar-refractivity contribution in [2.45, 2.75) is 12.3 Å². The maximum absolute atomic E-state index is 5.70. The summed E-state index contributed by atoms with van der Waals surface area (Å²) < 4.78 is 5.28. The Labute approximate surface area is 85.0 Å². The Morgan fingerprint density at radius 3 is 2.57 bits per heavy atom. The second-order valence-electron chi connectivity index (χ2n) is 3.25. The van der Waals surface area contributed by atoms with Crippen molar-refractivity contribution in [2.75, 3.05) is 20.2 Å². The van der Waals surface area contributed by atoms with Gasteiger partial charge in [-0.25, -0.2) is 0 Å². The molecule has 1 unspecified atom stereocenters. The first-order valence-corrected chi connectivity index (χ1v) is 4.86. The van der Waals surface area contributed by atoms with E-state index in [0.717, 1.165) is 17.7 Å². The number of benzene rings is 1. The lowest BCUT2D eigenvalue weighted by Crippen LogP contribution is -2.17. The van der Waals surface area contributed by atoms with Crippen LogP contribution in [0.5, 0.6) is 5.75 Å². The van der Waals surface area contributed by atoms with Crippen LogP contribution in [0.2, 0.25) is 0 Å². The summed E-state index contributed by atoms with van der Waals surface area (Å²) >= 11 is 0. The van der Waals surface area contributed by atoms with Crippen molar-refractivity contribution in [2.24, 2.45) is 11.5 Å². The average Bonchev–Trinajstić information content (AvgIpc) is 2.26. The van der Waals surface area contributed by atoms with Gasteiger partial charge in [0.1, 0.15) is 5.75 Å². The van der Waals surface area contributed by atoms with Gasteiger partial charge in [-0.15, -0.1) is 0 Å². The van der Waals surface area contributed by atoms with Gasteiger partial charge in [-0.05, 0) is 31.1 Å². The monoisotopic (exact) mass is 194 g/mol. The second kappa shape index (κ2) is 5.62. The molecular weight excluding hydrogens is 176 g/mol. The molecule has 1 atom stereocenters. The predicted molar refractivity (Wildman–Crippen MR) is 58.5 cm³/mol. The van der Waals surface area contributed by atoms with Crippen LogP contribution < -0.4 is 16.2 Å². The average molecular weight is 194 g/mol. The number of para-hydroxylation sites is 1. The van der Waals surface area contributed by atoms with Crippen molar-refractivity contribution in [1.82, 2.24) is 0 Å². The van der Waals surface area contributed by atoms with Gasteiger partial charge in [0, 0.05) is 5.92 Å². The number of methoxy groups -OCH3 is 1. The Morgan fingerprint density at radius 2 is 2.00 bits per heavy atom. The van der Waals surface area contributed by atoms with Gasteiger partial charge in [-0.3, -0.25) is 0 Å². The van der Waals surface area contributed by atoms with Crippen LogP contribution in [0.4, 0.5) is 0 Å². The summed E-state index contributed by atoms with van der Waals surface area (Å²) in [6.45, 7) is 1.26. The van der Waals surface area contributed by atoms with Crippen molar-refractivity contribution in [3.63, 3.8) is 0 Å². The molecule has 0 aliphatic carbocycles. The molecule has 0 amide bonds. The van der Waals surface area contributed by atoms with Gasteiger partial charge in [-0.1, -0.05) is 18.2 Å². The minimum absolute atomic E-state index is 0.302. The van der Waals surface area contributed by atoms with Crippen LogP contribution in [0, 0.1) is 0 Å². The summed E-state index contributed by atoms with van der Waals surface area (Å²) in [5, 5.41) is 0. The van der Waals surface area contributed by atoms with Gasteiger partial charge >= 0.3 is 0 Å². The molecular formula is C11H18N2O. The summed E-state index contributed by atoms with van der Waals surface area (Å²) in [5.41, 5.74) is 12.4. The van der Waals surface area contributed by atoms with Crippen molar-refractivity contribution < 1.29 is 4.74 Å².